The maximum Gasteiger partial charge on any atom is 0.0408 e. The highest BCUT2D eigenvalue weighted by Crippen LogP contribution is 1.84. The Labute approximate surface area is 37.1 Å². The molecule has 0 unspecified atom stereocenters. The highest BCUT2D eigenvalue weighted by molar-refractivity contribution is 7.93. The Morgan fingerprint density at radius 2 is 1.40 bits per heavy atom. The fourth-order valence-electron chi connectivity index (χ4n) is 0. The summed E-state index contributed by atoms with van der Waals surface area (Å²) in [5, 5.41) is 0. The van der Waals surface area contributed by atoms with Crippen LogP contribution in [-0.2, 0) is 0 Å². The van der Waals surface area contributed by atoms with Crippen molar-refractivity contribution in [1.82, 2.24) is 0 Å². The molecule has 0 amide bonds. The van der Waals surface area contributed by atoms with Crippen LogP contribution >= 0.6 is 12.1 Å². The largest absolute Gasteiger partial charge is 0.166 e. The molecule has 0 spiro atoms. The van der Waals surface area contributed by atoms with Crippen molar-refractivity contribution in [2.75, 3.05) is 6.26 Å². The van der Waals surface area contributed by atoms with E-state index in [-0.39, 0.29) is 12.1 Å². The van der Waals surface area contributed by atoms with E-state index in [1.165, 1.54) is 6.26 Å². The summed E-state index contributed by atoms with van der Waals surface area (Å²) in [5.41, 5.74) is 0. The van der Waals surface area contributed by atoms with Crippen LogP contribution in [0.4, 0.5) is 3.89 Å². The van der Waals surface area contributed by atoms with E-state index in [1.54, 1.807) is 0 Å². The van der Waals surface area contributed by atoms with E-state index in [0.29, 0.717) is 0 Å². The minimum Gasteiger partial charge on any atom is -0.166 e. The third kappa shape index (κ3) is 284. The van der Waals surface area contributed by atoms with E-state index in [2.05, 4.69) is 0 Å². The summed E-state index contributed by atoms with van der Waals surface area (Å²) in [6, 6.07) is 0. The van der Waals surface area contributed by atoms with Crippen LogP contribution in [0, 0.1) is 0 Å². The normalized spacial score (nSPS) is 4.80. The Hall–Kier alpha value is 0.280. The lowest BCUT2D eigenvalue weighted by Gasteiger charge is -1.44. The molecule has 0 rings (SSSR count). The van der Waals surface area contributed by atoms with Gasteiger partial charge in [-0.2, -0.15) is 3.89 Å². The average molecular weight is 96.2 g/mol. The molecule has 0 nitrogen and oxygen atoms in total. The quantitative estimate of drug-likeness (QED) is 0.445. The lowest BCUT2D eigenvalue weighted by Crippen LogP contribution is -1.11. The number of halogens is 1. The second-order valence-electron chi connectivity index (χ2n) is 0.154. The van der Waals surface area contributed by atoms with E-state index < -0.39 is 0 Å². The maximum atomic E-state index is 10.2. The van der Waals surface area contributed by atoms with Gasteiger partial charge in [0.25, 0.3) is 0 Å². The highest BCUT2D eigenvalue weighted by atomic mass is 32.2. The third-order valence-electron chi connectivity index (χ3n) is 0. The number of hydrogen-bond acceptors (Lipinski definition) is 1. The predicted molar refractivity (Wildman–Crippen MR) is 26.0 cm³/mol. The van der Waals surface area contributed by atoms with Crippen LogP contribution in [0.3, 0.4) is 0 Å². The van der Waals surface area contributed by atoms with Crippen LogP contribution in [0.5, 0.6) is 0 Å². The number of rotatable bonds is 0. The van der Waals surface area contributed by atoms with Gasteiger partial charge < -0.3 is 0 Å². The molecule has 0 N–H and O–H groups in total. The Morgan fingerprint density at radius 1 is 1.40 bits per heavy atom. The molecule has 0 saturated carbocycles. The SMILES string of the molecule is CC.CSF. The van der Waals surface area contributed by atoms with Crippen molar-refractivity contribution in [1.29, 1.82) is 0 Å². The highest BCUT2D eigenvalue weighted by Gasteiger charge is 1.40. The van der Waals surface area contributed by atoms with E-state index in [9.17, 15) is 3.89 Å². The van der Waals surface area contributed by atoms with Gasteiger partial charge in [0, 0.05) is 18.4 Å². The van der Waals surface area contributed by atoms with Crippen LogP contribution in [0.1, 0.15) is 13.8 Å². The van der Waals surface area contributed by atoms with Gasteiger partial charge in [-0.05, 0) is 0 Å². The average Bonchev–Trinajstić information content (AvgIpc) is 1.46. The Kier molecular flexibility index (Phi) is 50.5. The van der Waals surface area contributed by atoms with Crippen LogP contribution < -0.4 is 0 Å². The maximum absolute atomic E-state index is 10.2. The summed E-state index contributed by atoms with van der Waals surface area (Å²) in [4.78, 5) is 0. The van der Waals surface area contributed by atoms with Gasteiger partial charge in [-0.1, -0.05) is 13.8 Å². The van der Waals surface area contributed by atoms with Crippen molar-refractivity contribution in [2.45, 2.75) is 13.8 Å². The molecule has 0 aliphatic rings. The zero-order valence-corrected chi connectivity index (χ0v) is 4.60. The monoisotopic (exact) mass is 96.0 g/mol. The smallest absolute Gasteiger partial charge is 0.0408 e. The third-order valence-corrected chi connectivity index (χ3v) is 0. The van der Waals surface area contributed by atoms with E-state index in [0.717, 1.165) is 0 Å². The van der Waals surface area contributed by atoms with E-state index in [1.807, 2.05) is 13.8 Å². The number of hydrogen-bond donors (Lipinski definition) is 0. The summed E-state index contributed by atoms with van der Waals surface area (Å²) in [7, 11) is 0. The van der Waals surface area contributed by atoms with Gasteiger partial charge in [-0.3, -0.25) is 0 Å². The Bertz CT molecular complexity index is 6.85. The molecule has 0 bridgehead atoms. The van der Waals surface area contributed by atoms with Crippen LogP contribution in [0.15, 0.2) is 0 Å². The zero-order chi connectivity index (χ0) is 4.71. The van der Waals surface area contributed by atoms with Gasteiger partial charge in [-0.25, -0.2) is 0 Å². The van der Waals surface area contributed by atoms with Crippen molar-refractivity contribution in [3.8, 4) is 0 Å². The molecule has 0 atom stereocenters. The first-order valence-corrected chi connectivity index (χ1v) is 2.69. The van der Waals surface area contributed by atoms with Gasteiger partial charge in [0.05, 0.1) is 0 Å². The molecule has 2 heteroatoms. The summed E-state index contributed by atoms with van der Waals surface area (Å²) >= 11 is 0.250. The first-order chi connectivity index (χ1) is 2.41. The molecule has 0 aliphatic heterocycles. The lowest BCUT2D eigenvalue weighted by molar-refractivity contribution is 0.944. The molecule has 0 aliphatic carbocycles. The minimum atomic E-state index is 0.250. The minimum absolute atomic E-state index is 0.250. The molecular weight excluding hydrogens is 87.1 g/mol. The Morgan fingerprint density at radius 3 is 1.40 bits per heavy atom. The second kappa shape index (κ2) is 28.1. The molecule has 0 saturated heterocycles. The van der Waals surface area contributed by atoms with Crippen molar-refractivity contribution in [2.24, 2.45) is 0 Å². The Balaban J connectivity index is 0. The topological polar surface area (TPSA) is 0 Å². The molecule has 0 radical (unpaired) electrons. The molecule has 0 aromatic carbocycles. The van der Waals surface area contributed by atoms with Gasteiger partial charge in [-0.15, -0.1) is 0 Å². The van der Waals surface area contributed by atoms with E-state index >= 15 is 0 Å². The molecule has 5 heavy (non-hydrogen) atoms. The zero-order valence-electron chi connectivity index (χ0n) is 3.79. The van der Waals surface area contributed by atoms with Crippen LogP contribution in [0.25, 0.3) is 0 Å². The summed E-state index contributed by atoms with van der Waals surface area (Å²) < 4.78 is 10.2. The fourth-order valence-corrected chi connectivity index (χ4v) is 0. The molecule has 0 heterocycles. The molecule has 34 valence electrons. The predicted octanol–water partition coefficient (Wildman–Crippen LogP) is 2.26. The second-order valence-corrected chi connectivity index (χ2v) is 0.463. The summed E-state index contributed by atoms with van der Waals surface area (Å²) in [5.74, 6) is 0. The first-order valence-electron chi connectivity index (χ1n) is 1.56. The van der Waals surface area contributed by atoms with Crippen molar-refractivity contribution in [3.05, 3.63) is 0 Å². The van der Waals surface area contributed by atoms with Gasteiger partial charge >= 0.3 is 0 Å². The van der Waals surface area contributed by atoms with Gasteiger partial charge in [0.1, 0.15) is 0 Å². The molecule has 0 fully saturated rings. The summed E-state index contributed by atoms with van der Waals surface area (Å²) in [6.45, 7) is 4.00. The molecule has 0 aromatic heterocycles. The van der Waals surface area contributed by atoms with Crippen molar-refractivity contribution < 1.29 is 3.89 Å². The standard InChI is InChI=1S/C2H6.CH3FS/c1-2;1-3-2/h1-2H3;1H3. The van der Waals surface area contributed by atoms with Gasteiger partial charge in [0.15, 0.2) is 0 Å². The summed E-state index contributed by atoms with van der Waals surface area (Å²) in [6.07, 6.45) is 1.38. The molecule has 0 aromatic rings. The first kappa shape index (κ1) is 8.99. The van der Waals surface area contributed by atoms with Crippen molar-refractivity contribution >= 4 is 12.1 Å². The fraction of sp³-hybridized carbons (Fsp3) is 1.00. The van der Waals surface area contributed by atoms with E-state index in [4.69, 9.17) is 0 Å². The van der Waals surface area contributed by atoms with Crippen LogP contribution in [0.2, 0.25) is 0 Å². The van der Waals surface area contributed by atoms with Crippen LogP contribution in [-0.4, -0.2) is 6.26 Å². The van der Waals surface area contributed by atoms with Gasteiger partial charge in [0.2, 0.25) is 0 Å². The lowest BCUT2D eigenvalue weighted by atomic mass is 11.0. The molecular formula is C3H9FS. The van der Waals surface area contributed by atoms with Crippen molar-refractivity contribution in [3.63, 3.8) is 0 Å².